The number of hydrogen-bond donors (Lipinski definition) is 2. The van der Waals surface area contributed by atoms with Crippen LogP contribution in [0, 0.1) is 5.82 Å². The average Bonchev–Trinajstić information content (AvgIpc) is 3.03. The zero-order chi connectivity index (χ0) is 19.1. The Hall–Kier alpha value is -2.51. The Morgan fingerprint density at radius 2 is 1.96 bits per heavy atom. The predicted molar refractivity (Wildman–Crippen MR) is 106 cm³/mol. The lowest BCUT2D eigenvalue weighted by Crippen LogP contribution is -2.23. The summed E-state index contributed by atoms with van der Waals surface area (Å²) >= 11 is 4.43. The van der Waals surface area contributed by atoms with Crippen molar-refractivity contribution in [2.24, 2.45) is 0 Å². The van der Waals surface area contributed by atoms with Crippen LogP contribution in [-0.2, 0) is 4.79 Å². The first-order valence-electron chi connectivity index (χ1n) is 8.16. The number of rotatable bonds is 3. The highest BCUT2D eigenvalue weighted by Gasteiger charge is 2.35. The van der Waals surface area contributed by atoms with Gasteiger partial charge < -0.3 is 10.4 Å². The first kappa shape index (κ1) is 17.9. The van der Waals surface area contributed by atoms with Crippen molar-refractivity contribution >= 4 is 44.8 Å². The van der Waals surface area contributed by atoms with Crippen molar-refractivity contribution in [2.75, 3.05) is 5.32 Å². The molecule has 0 bridgehead atoms. The maximum atomic E-state index is 14.5. The van der Waals surface area contributed by atoms with Crippen LogP contribution in [-0.4, -0.2) is 17.0 Å². The third-order valence-corrected chi connectivity index (χ3v) is 6.28. The molecule has 136 valence electrons. The van der Waals surface area contributed by atoms with Crippen molar-refractivity contribution in [1.82, 2.24) is 0 Å². The molecule has 3 aromatic rings. The van der Waals surface area contributed by atoms with E-state index in [1.807, 2.05) is 6.07 Å². The highest BCUT2D eigenvalue weighted by Crippen LogP contribution is 2.49. The summed E-state index contributed by atoms with van der Waals surface area (Å²) in [7, 11) is 0. The van der Waals surface area contributed by atoms with Crippen molar-refractivity contribution in [3.63, 3.8) is 0 Å². The van der Waals surface area contributed by atoms with Crippen molar-refractivity contribution in [1.29, 1.82) is 0 Å². The monoisotopic (exact) mass is 445 g/mol. The van der Waals surface area contributed by atoms with E-state index in [1.165, 1.54) is 6.07 Å². The molecule has 1 aliphatic heterocycles. The summed E-state index contributed by atoms with van der Waals surface area (Å²) in [5.74, 6) is -2.29. The zero-order valence-electron chi connectivity index (χ0n) is 13.8. The van der Waals surface area contributed by atoms with E-state index < -0.39 is 17.7 Å². The van der Waals surface area contributed by atoms with Crippen LogP contribution < -0.4 is 5.32 Å². The molecule has 4 rings (SSSR count). The molecule has 0 saturated carbocycles. The molecule has 1 amide bonds. The Kier molecular flexibility index (Phi) is 4.57. The van der Waals surface area contributed by atoms with Crippen molar-refractivity contribution in [2.45, 2.75) is 12.3 Å². The second kappa shape index (κ2) is 6.90. The number of carbonyl (C=O) groups is 2. The second-order valence-corrected chi connectivity index (χ2v) is 8.16. The van der Waals surface area contributed by atoms with E-state index in [-0.39, 0.29) is 17.2 Å². The van der Waals surface area contributed by atoms with Gasteiger partial charge in [0.15, 0.2) is 0 Å². The fourth-order valence-electron chi connectivity index (χ4n) is 3.35. The third-order valence-electron chi connectivity index (χ3n) is 4.50. The molecule has 0 aliphatic carbocycles. The minimum Gasteiger partial charge on any atom is -0.477 e. The molecule has 4 nitrogen and oxygen atoms in total. The molecule has 2 heterocycles. The van der Waals surface area contributed by atoms with Crippen LogP contribution in [0.2, 0.25) is 0 Å². The van der Waals surface area contributed by atoms with E-state index in [9.17, 15) is 19.1 Å². The molecule has 2 N–H and O–H groups in total. The highest BCUT2D eigenvalue weighted by atomic mass is 79.9. The van der Waals surface area contributed by atoms with Gasteiger partial charge in [-0.3, -0.25) is 4.79 Å². The van der Waals surface area contributed by atoms with Crippen LogP contribution in [0.15, 0.2) is 53.0 Å². The Balaban J connectivity index is 1.97. The van der Waals surface area contributed by atoms with Gasteiger partial charge in [0.05, 0.1) is 5.69 Å². The topological polar surface area (TPSA) is 66.4 Å². The summed E-state index contributed by atoms with van der Waals surface area (Å²) < 4.78 is 15.2. The fraction of sp³-hybridized carbons (Fsp3) is 0.100. The summed E-state index contributed by atoms with van der Waals surface area (Å²) in [6.07, 6.45) is 0.0637. The molecule has 1 aliphatic rings. The summed E-state index contributed by atoms with van der Waals surface area (Å²) in [6.45, 7) is 0. The molecule has 27 heavy (non-hydrogen) atoms. The molecule has 0 spiro atoms. The van der Waals surface area contributed by atoms with Gasteiger partial charge >= 0.3 is 5.97 Å². The van der Waals surface area contributed by atoms with E-state index >= 15 is 0 Å². The van der Waals surface area contributed by atoms with Crippen LogP contribution in [0.4, 0.5) is 10.1 Å². The molecule has 7 heteroatoms. The largest absolute Gasteiger partial charge is 0.477 e. The molecule has 2 aromatic carbocycles. The number of aromatic carboxylic acids is 1. The Morgan fingerprint density at radius 3 is 2.67 bits per heavy atom. The van der Waals surface area contributed by atoms with Gasteiger partial charge in [-0.15, -0.1) is 11.3 Å². The van der Waals surface area contributed by atoms with E-state index in [1.54, 1.807) is 36.4 Å². The number of thiophene rings is 1. The predicted octanol–water partition coefficient (Wildman–Crippen LogP) is 5.49. The number of halogens is 2. The van der Waals surface area contributed by atoms with Gasteiger partial charge in [-0.05, 0) is 29.3 Å². The smallest absolute Gasteiger partial charge is 0.346 e. The molecular formula is C20H13BrFNO3S. The summed E-state index contributed by atoms with van der Waals surface area (Å²) in [5, 5.41) is 12.5. The number of carboxylic acids is 1. The number of nitrogens with one attached hydrogen (secondary N) is 1. The normalized spacial score (nSPS) is 15.9. The van der Waals surface area contributed by atoms with Crippen molar-refractivity contribution < 1.29 is 19.1 Å². The number of anilines is 1. The van der Waals surface area contributed by atoms with Crippen molar-refractivity contribution in [3.8, 4) is 11.1 Å². The second-order valence-electron chi connectivity index (χ2n) is 6.19. The van der Waals surface area contributed by atoms with Gasteiger partial charge in [0.25, 0.3) is 0 Å². The average molecular weight is 446 g/mol. The van der Waals surface area contributed by atoms with Gasteiger partial charge in [0.1, 0.15) is 10.7 Å². The fourth-order valence-corrected chi connectivity index (χ4v) is 4.97. The molecular weight excluding hydrogens is 433 g/mol. The van der Waals surface area contributed by atoms with Crippen LogP contribution in [0.5, 0.6) is 0 Å². The van der Waals surface area contributed by atoms with E-state index in [0.717, 1.165) is 11.3 Å². The van der Waals surface area contributed by atoms with E-state index in [0.29, 0.717) is 31.7 Å². The minimum absolute atomic E-state index is 0.0637. The molecule has 0 radical (unpaired) electrons. The maximum absolute atomic E-state index is 14.5. The molecule has 0 saturated heterocycles. The molecule has 1 atom stereocenters. The van der Waals surface area contributed by atoms with Gasteiger partial charge in [0.2, 0.25) is 5.91 Å². The Morgan fingerprint density at radius 1 is 1.22 bits per heavy atom. The number of benzene rings is 2. The number of carbonyl (C=O) groups excluding carboxylic acids is 1. The van der Waals surface area contributed by atoms with E-state index in [2.05, 4.69) is 21.2 Å². The quantitative estimate of drug-likeness (QED) is 0.559. The number of amides is 1. The van der Waals surface area contributed by atoms with Crippen LogP contribution in [0.25, 0.3) is 11.1 Å². The molecule has 0 unspecified atom stereocenters. The summed E-state index contributed by atoms with van der Waals surface area (Å²) in [6, 6.07) is 13.6. The number of carboxylic acid groups (broad SMARTS) is 1. The highest BCUT2D eigenvalue weighted by molar-refractivity contribution is 9.10. The molecule has 1 aromatic heterocycles. The lowest BCUT2D eigenvalue weighted by atomic mass is 9.88. The van der Waals surface area contributed by atoms with Gasteiger partial charge in [-0.2, -0.15) is 0 Å². The summed E-state index contributed by atoms with van der Waals surface area (Å²) in [4.78, 5) is 25.0. The minimum atomic E-state index is -1.07. The van der Waals surface area contributed by atoms with Gasteiger partial charge in [-0.25, -0.2) is 9.18 Å². The lowest BCUT2D eigenvalue weighted by Gasteiger charge is -2.24. The zero-order valence-corrected chi connectivity index (χ0v) is 16.2. The maximum Gasteiger partial charge on any atom is 0.346 e. The van der Waals surface area contributed by atoms with Crippen molar-refractivity contribution in [3.05, 3.63) is 74.1 Å². The number of fused-ring (bicyclic) bond motifs is 1. The summed E-state index contributed by atoms with van der Waals surface area (Å²) in [5.41, 5.74) is 2.00. The number of hydrogen-bond acceptors (Lipinski definition) is 3. The van der Waals surface area contributed by atoms with Crippen LogP contribution >= 0.6 is 27.3 Å². The van der Waals surface area contributed by atoms with E-state index in [4.69, 9.17) is 0 Å². The Labute approximate surface area is 166 Å². The first-order chi connectivity index (χ1) is 13.0. The lowest BCUT2D eigenvalue weighted by molar-refractivity contribution is -0.116. The van der Waals surface area contributed by atoms with Gasteiger partial charge in [0, 0.05) is 27.3 Å². The Bertz CT molecular complexity index is 1060. The third kappa shape index (κ3) is 3.17. The van der Waals surface area contributed by atoms with Gasteiger partial charge in [-0.1, -0.05) is 46.3 Å². The van der Waals surface area contributed by atoms with Crippen LogP contribution in [0.3, 0.4) is 0 Å². The SMILES string of the molecule is O=C1C[C@H](c2cc(Br)ccc2F)c2sc(C(=O)O)c(-c3ccccc3)c2N1. The standard InChI is InChI=1S/C20H13BrFNO3S/c21-11-6-7-14(22)12(8-11)13-9-15(24)23-17-16(10-4-2-1-3-5-10)19(20(25)26)27-18(13)17/h1-8,13H,9H2,(H,23,24)(H,25,26)/t13-/m1/s1. The molecule has 0 fully saturated rings. The first-order valence-corrected chi connectivity index (χ1v) is 9.77. The van der Waals surface area contributed by atoms with Crippen LogP contribution in [0.1, 0.15) is 32.5 Å².